The fourth-order valence-corrected chi connectivity index (χ4v) is 0.914. The molecule has 0 radical (unpaired) electrons. The van der Waals surface area contributed by atoms with Crippen LogP contribution in [0.2, 0.25) is 0 Å². The summed E-state index contributed by atoms with van der Waals surface area (Å²) in [5, 5.41) is 18.9. The lowest BCUT2D eigenvalue weighted by molar-refractivity contribution is -0.385. The smallest absolute Gasteiger partial charge is 0.394 e. The maximum absolute atomic E-state index is 11.9. The molecule has 1 rings (SSSR count). The number of hydrogen-bond donors (Lipinski definition) is 1. The predicted molar refractivity (Wildman–Crippen MR) is 46.7 cm³/mol. The molecule has 10 heteroatoms. The summed E-state index contributed by atoms with van der Waals surface area (Å²) in [6.07, 6.45) is -5.05. The van der Waals surface area contributed by atoms with E-state index < -0.39 is 34.2 Å². The second kappa shape index (κ2) is 4.12. The lowest BCUT2D eigenvalue weighted by atomic mass is 10.3. The molecular weight excluding hydrogens is 245 g/mol. The molecule has 0 saturated carbocycles. The van der Waals surface area contributed by atoms with Gasteiger partial charge in [0, 0.05) is 6.07 Å². The Balaban J connectivity index is 3.29. The van der Waals surface area contributed by atoms with Gasteiger partial charge in [0.05, 0.1) is 4.92 Å². The Morgan fingerprint density at radius 3 is 2.59 bits per heavy atom. The molecule has 0 aromatic carbocycles. The van der Waals surface area contributed by atoms with Crippen molar-refractivity contribution >= 4 is 11.4 Å². The van der Waals surface area contributed by atoms with Gasteiger partial charge in [0.25, 0.3) is 0 Å². The summed E-state index contributed by atoms with van der Waals surface area (Å²) in [4.78, 5) is 12.5. The standard InChI is InChI=1S/C7H3F3N4O3/c8-7(9,10)17-6-3(12)1-5(14(15)16)4(2-11)13-6/h1H,12H2. The molecule has 1 heterocycles. The van der Waals surface area contributed by atoms with E-state index >= 15 is 0 Å². The van der Waals surface area contributed by atoms with Gasteiger partial charge in [0.1, 0.15) is 11.8 Å². The van der Waals surface area contributed by atoms with Crippen molar-refractivity contribution in [1.29, 1.82) is 5.26 Å². The van der Waals surface area contributed by atoms with Crippen LogP contribution in [0.5, 0.6) is 5.88 Å². The highest BCUT2D eigenvalue weighted by molar-refractivity contribution is 5.59. The molecule has 0 aliphatic rings. The topological polar surface area (TPSA) is 115 Å². The van der Waals surface area contributed by atoms with Gasteiger partial charge < -0.3 is 10.5 Å². The molecule has 1 aromatic heterocycles. The monoisotopic (exact) mass is 248 g/mol. The van der Waals surface area contributed by atoms with E-state index in [-0.39, 0.29) is 0 Å². The first-order valence-corrected chi connectivity index (χ1v) is 3.85. The van der Waals surface area contributed by atoms with Crippen molar-refractivity contribution in [2.75, 3.05) is 5.73 Å². The highest BCUT2D eigenvalue weighted by Gasteiger charge is 2.34. The number of nitrogens with two attached hydrogens (primary N) is 1. The molecule has 1 aromatic rings. The van der Waals surface area contributed by atoms with E-state index in [4.69, 9.17) is 11.0 Å². The first kappa shape index (κ1) is 12.5. The molecule has 7 nitrogen and oxygen atoms in total. The van der Waals surface area contributed by atoms with Crippen molar-refractivity contribution in [3.63, 3.8) is 0 Å². The molecule has 0 atom stereocenters. The highest BCUT2D eigenvalue weighted by atomic mass is 19.4. The van der Waals surface area contributed by atoms with E-state index in [1.54, 1.807) is 0 Å². The third kappa shape index (κ3) is 2.94. The Kier molecular flexibility index (Phi) is 3.03. The zero-order valence-electron chi connectivity index (χ0n) is 7.85. The second-order valence-corrected chi connectivity index (χ2v) is 2.67. The van der Waals surface area contributed by atoms with E-state index in [2.05, 4.69) is 9.72 Å². The number of nitrogens with zero attached hydrogens (tertiary/aromatic N) is 3. The Morgan fingerprint density at radius 2 is 2.18 bits per heavy atom. The summed E-state index contributed by atoms with van der Waals surface area (Å²) in [6.45, 7) is 0. The van der Waals surface area contributed by atoms with Crippen molar-refractivity contribution in [3.05, 3.63) is 21.9 Å². The van der Waals surface area contributed by atoms with E-state index in [9.17, 15) is 23.3 Å². The van der Waals surface area contributed by atoms with Crippen molar-refractivity contribution in [3.8, 4) is 11.9 Å². The Labute approximate surface area is 91.4 Å². The fourth-order valence-electron chi connectivity index (χ4n) is 0.914. The largest absolute Gasteiger partial charge is 0.574 e. The Hall–Kier alpha value is -2.57. The summed E-state index contributed by atoms with van der Waals surface area (Å²) in [7, 11) is 0. The van der Waals surface area contributed by atoms with Crippen LogP contribution in [0.3, 0.4) is 0 Å². The van der Waals surface area contributed by atoms with Gasteiger partial charge in [0.15, 0.2) is 0 Å². The zero-order chi connectivity index (χ0) is 13.2. The van der Waals surface area contributed by atoms with E-state index in [1.807, 2.05) is 0 Å². The van der Waals surface area contributed by atoms with Crippen LogP contribution < -0.4 is 10.5 Å². The minimum Gasteiger partial charge on any atom is -0.394 e. The van der Waals surface area contributed by atoms with Crippen LogP contribution in [0.1, 0.15) is 5.69 Å². The summed E-state index contributed by atoms with van der Waals surface area (Å²) in [6, 6.07) is 1.85. The SMILES string of the molecule is N#Cc1nc(OC(F)(F)F)c(N)cc1[N+](=O)[O-]. The molecule has 0 amide bonds. The van der Waals surface area contributed by atoms with Gasteiger partial charge in [-0.15, -0.1) is 13.2 Å². The van der Waals surface area contributed by atoms with E-state index in [0.717, 1.165) is 0 Å². The van der Waals surface area contributed by atoms with Crippen molar-refractivity contribution in [2.24, 2.45) is 0 Å². The number of hydrogen-bond acceptors (Lipinski definition) is 6. The van der Waals surface area contributed by atoms with E-state index in [1.165, 1.54) is 6.07 Å². The van der Waals surface area contributed by atoms with Crippen LogP contribution in [-0.2, 0) is 0 Å². The molecule has 0 spiro atoms. The van der Waals surface area contributed by atoms with Crippen LogP contribution in [0.4, 0.5) is 24.5 Å². The number of pyridine rings is 1. The van der Waals surface area contributed by atoms with Gasteiger partial charge in [-0.05, 0) is 0 Å². The number of nitro groups is 1. The maximum Gasteiger partial charge on any atom is 0.574 e. The quantitative estimate of drug-likeness (QED) is 0.623. The number of nitriles is 1. The van der Waals surface area contributed by atoms with Crippen LogP contribution >= 0.6 is 0 Å². The van der Waals surface area contributed by atoms with Gasteiger partial charge >= 0.3 is 12.0 Å². The summed E-state index contributed by atoms with van der Waals surface area (Å²) in [5.41, 5.74) is 2.79. The third-order valence-corrected chi connectivity index (χ3v) is 1.51. The second-order valence-electron chi connectivity index (χ2n) is 2.67. The van der Waals surface area contributed by atoms with Gasteiger partial charge in [0.2, 0.25) is 11.6 Å². The third-order valence-electron chi connectivity index (χ3n) is 1.51. The zero-order valence-corrected chi connectivity index (χ0v) is 7.85. The predicted octanol–water partition coefficient (Wildman–Crippen LogP) is 1.34. The molecule has 0 saturated heterocycles. The summed E-state index contributed by atoms with van der Waals surface area (Å²) < 4.78 is 39.0. The maximum atomic E-state index is 11.9. The van der Waals surface area contributed by atoms with Gasteiger partial charge in [-0.2, -0.15) is 10.2 Å². The number of nitrogen functional groups attached to an aromatic ring is 1. The van der Waals surface area contributed by atoms with Crippen LogP contribution in [0, 0.1) is 21.4 Å². The molecule has 2 N–H and O–H groups in total. The number of ether oxygens (including phenoxy) is 1. The molecule has 0 unspecified atom stereocenters. The molecule has 0 bridgehead atoms. The molecule has 17 heavy (non-hydrogen) atoms. The first-order chi connectivity index (χ1) is 7.74. The highest BCUT2D eigenvalue weighted by Crippen LogP contribution is 2.30. The van der Waals surface area contributed by atoms with Crippen molar-refractivity contribution in [2.45, 2.75) is 6.36 Å². The van der Waals surface area contributed by atoms with Gasteiger partial charge in [-0.1, -0.05) is 0 Å². The van der Waals surface area contributed by atoms with Crippen LogP contribution in [0.15, 0.2) is 6.07 Å². The molecule has 0 aliphatic carbocycles. The lowest BCUT2D eigenvalue weighted by Crippen LogP contribution is -2.19. The number of halogens is 3. The number of rotatable bonds is 2. The number of alkyl halides is 3. The summed E-state index contributed by atoms with van der Waals surface area (Å²) >= 11 is 0. The Bertz CT molecular complexity index is 508. The first-order valence-electron chi connectivity index (χ1n) is 3.85. The number of anilines is 1. The molecule has 0 fully saturated rings. The minimum atomic E-state index is -5.05. The van der Waals surface area contributed by atoms with Gasteiger partial charge in [-0.3, -0.25) is 10.1 Å². The number of aromatic nitrogens is 1. The average Bonchev–Trinajstić information content (AvgIpc) is 2.18. The van der Waals surface area contributed by atoms with Crippen molar-refractivity contribution < 1.29 is 22.8 Å². The molecule has 90 valence electrons. The summed E-state index contributed by atoms with van der Waals surface area (Å²) in [5.74, 6) is -1.10. The fraction of sp³-hybridized carbons (Fsp3) is 0.143. The van der Waals surface area contributed by atoms with Crippen molar-refractivity contribution in [1.82, 2.24) is 4.98 Å². The molecule has 0 aliphatic heterocycles. The van der Waals surface area contributed by atoms with E-state index in [0.29, 0.717) is 6.07 Å². The van der Waals surface area contributed by atoms with Gasteiger partial charge in [-0.25, -0.2) is 0 Å². The lowest BCUT2D eigenvalue weighted by Gasteiger charge is -2.09. The van der Waals surface area contributed by atoms with Crippen LogP contribution in [0.25, 0.3) is 0 Å². The minimum absolute atomic E-state index is 0.576. The van der Waals surface area contributed by atoms with Crippen LogP contribution in [-0.4, -0.2) is 16.3 Å². The Morgan fingerprint density at radius 1 is 1.59 bits per heavy atom. The average molecular weight is 248 g/mol. The molecular formula is C7H3F3N4O3. The normalized spacial score (nSPS) is 10.7.